The molecule has 2 rings (SSSR count). The Morgan fingerprint density at radius 3 is 2.33 bits per heavy atom. The molecule has 0 bridgehead atoms. The Bertz CT molecular complexity index is 536. The molecule has 0 saturated carbocycles. The van der Waals surface area contributed by atoms with Crippen molar-refractivity contribution >= 4 is 11.6 Å². The van der Waals surface area contributed by atoms with E-state index in [1.807, 2.05) is 32.6 Å². The highest BCUT2D eigenvalue weighted by atomic mass is 16.5. The first-order valence-corrected chi connectivity index (χ1v) is 7.06. The molecule has 2 N–H and O–H groups in total. The Labute approximate surface area is 126 Å². The number of rotatable bonds is 2. The lowest BCUT2D eigenvalue weighted by Crippen LogP contribution is -2.58. The number of methoxy groups -OCH3 is 1. The number of carbonyl (C=O) groups is 1. The summed E-state index contributed by atoms with van der Waals surface area (Å²) in [6.07, 6.45) is 0. The van der Waals surface area contributed by atoms with Gasteiger partial charge in [-0.2, -0.15) is 0 Å². The molecule has 1 fully saturated rings. The molecule has 1 amide bonds. The van der Waals surface area contributed by atoms with Crippen LogP contribution in [0.3, 0.4) is 0 Å². The Morgan fingerprint density at radius 1 is 1.24 bits per heavy atom. The second-order valence-corrected chi connectivity index (χ2v) is 6.74. The molecule has 0 atom stereocenters. The molecule has 1 aromatic carbocycles. The Hall–Kier alpha value is -1.75. The molecule has 21 heavy (non-hydrogen) atoms. The molecule has 5 heteroatoms. The summed E-state index contributed by atoms with van der Waals surface area (Å²) in [5.41, 5.74) is 6.09. The summed E-state index contributed by atoms with van der Waals surface area (Å²) in [5.74, 6) is 0.443. The molecule has 116 valence electrons. The van der Waals surface area contributed by atoms with Gasteiger partial charge in [-0.25, -0.2) is 0 Å². The van der Waals surface area contributed by atoms with E-state index < -0.39 is 0 Å². The van der Waals surface area contributed by atoms with Crippen LogP contribution < -0.4 is 10.5 Å². The zero-order valence-corrected chi connectivity index (χ0v) is 13.4. The number of amides is 1. The van der Waals surface area contributed by atoms with Gasteiger partial charge in [0.1, 0.15) is 5.75 Å². The monoisotopic (exact) mass is 292 g/mol. The molecule has 1 heterocycles. The number of morpholine rings is 1. The minimum atomic E-state index is -0.377. The van der Waals surface area contributed by atoms with Gasteiger partial charge in [-0.15, -0.1) is 0 Å². The number of anilines is 1. The highest BCUT2D eigenvalue weighted by molar-refractivity contribution is 5.97. The molecule has 0 radical (unpaired) electrons. The van der Waals surface area contributed by atoms with Crippen molar-refractivity contribution in [2.24, 2.45) is 0 Å². The van der Waals surface area contributed by atoms with E-state index in [0.29, 0.717) is 30.1 Å². The number of ether oxygens (including phenoxy) is 2. The number of nitrogens with zero attached hydrogens (tertiary/aromatic N) is 1. The SMILES string of the molecule is COc1cc(N)ccc1C(=O)N1CC(C)(C)OC(C)(C)C1. The van der Waals surface area contributed by atoms with Crippen molar-refractivity contribution in [2.45, 2.75) is 38.9 Å². The number of hydrogen-bond donors (Lipinski definition) is 1. The van der Waals surface area contributed by atoms with E-state index in [0.717, 1.165) is 0 Å². The van der Waals surface area contributed by atoms with Gasteiger partial charge in [0.2, 0.25) is 0 Å². The largest absolute Gasteiger partial charge is 0.496 e. The molecule has 0 unspecified atom stereocenters. The van der Waals surface area contributed by atoms with Crippen LogP contribution in [0.5, 0.6) is 5.75 Å². The van der Waals surface area contributed by atoms with Gasteiger partial charge in [-0.1, -0.05) is 0 Å². The van der Waals surface area contributed by atoms with E-state index in [9.17, 15) is 4.79 Å². The maximum atomic E-state index is 12.8. The molecular weight excluding hydrogens is 268 g/mol. The van der Waals surface area contributed by atoms with Gasteiger partial charge in [0, 0.05) is 24.8 Å². The first-order chi connectivity index (χ1) is 9.63. The summed E-state index contributed by atoms with van der Waals surface area (Å²) >= 11 is 0. The summed E-state index contributed by atoms with van der Waals surface area (Å²) in [5, 5.41) is 0. The van der Waals surface area contributed by atoms with Crippen LogP contribution in [0, 0.1) is 0 Å². The smallest absolute Gasteiger partial charge is 0.257 e. The van der Waals surface area contributed by atoms with E-state index >= 15 is 0 Å². The molecule has 1 saturated heterocycles. The van der Waals surface area contributed by atoms with Crippen LogP contribution in [0.25, 0.3) is 0 Å². The lowest BCUT2D eigenvalue weighted by atomic mass is 9.98. The summed E-state index contributed by atoms with van der Waals surface area (Å²) in [6, 6.07) is 5.10. The van der Waals surface area contributed by atoms with Crippen molar-refractivity contribution in [3.63, 3.8) is 0 Å². The van der Waals surface area contributed by atoms with Crippen molar-refractivity contribution < 1.29 is 14.3 Å². The molecular formula is C16H24N2O3. The average Bonchev–Trinajstić information content (AvgIpc) is 2.34. The number of nitrogens with two attached hydrogens (primary N) is 1. The van der Waals surface area contributed by atoms with Gasteiger partial charge in [0.25, 0.3) is 5.91 Å². The highest BCUT2D eigenvalue weighted by Gasteiger charge is 2.40. The van der Waals surface area contributed by atoms with Crippen LogP contribution in [-0.4, -0.2) is 42.2 Å². The lowest BCUT2D eigenvalue weighted by molar-refractivity contribution is -0.171. The van der Waals surface area contributed by atoms with Crippen molar-refractivity contribution in [1.82, 2.24) is 4.90 Å². The zero-order valence-electron chi connectivity index (χ0n) is 13.4. The second-order valence-electron chi connectivity index (χ2n) is 6.74. The van der Waals surface area contributed by atoms with Crippen LogP contribution in [0.15, 0.2) is 18.2 Å². The first-order valence-electron chi connectivity index (χ1n) is 7.06. The number of carbonyl (C=O) groups excluding carboxylic acids is 1. The van der Waals surface area contributed by atoms with Crippen molar-refractivity contribution in [2.75, 3.05) is 25.9 Å². The maximum absolute atomic E-state index is 12.8. The second kappa shape index (κ2) is 5.22. The molecule has 1 aliphatic heterocycles. The fraction of sp³-hybridized carbons (Fsp3) is 0.562. The third-order valence-corrected chi connectivity index (χ3v) is 3.44. The topological polar surface area (TPSA) is 64.8 Å². The van der Waals surface area contributed by atoms with Crippen LogP contribution >= 0.6 is 0 Å². The van der Waals surface area contributed by atoms with Gasteiger partial charge < -0.3 is 20.1 Å². The van der Waals surface area contributed by atoms with Gasteiger partial charge in [0.05, 0.1) is 23.9 Å². The third kappa shape index (κ3) is 3.47. The van der Waals surface area contributed by atoms with Crippen LogP contribution in [-0.2, 0) is 4.74 Å². The summed E-state index contributed by atoms with van der Waals surface area (Å²) in [6.45, 7) is 9.07. The summed E-state index contributed by atoms with van der Waals surface area (Å²) in [7, 11) is 1.54. The van der Waals surface area contributed by atoms with Crippen molar-refractivity contribution in [1.29, 1.82) is 0 Å². The standard InChI is InChI=1S/C16H24N2O3/c1-15(2)9-18(10-16(3,4)21-15)14(19)12-7-6-11(17)8-13(12)20-5/h6-8H,9-10,17H2,1-5H3. The maximum Gasteiger partial charge on any atom is 0.257 e. The quantitative estimate of drug-likeness (QED) is 0.850. The normalized spacial score (nSPS) is 20.1. The Kier molecular flexibility index (Phi) is 3.89. The summed E-state index contributed by atoms with van der Waals surface area (Å²) < 4.78 is 11.3. The molecule has 1 aliphatic rings. The van der Waals surface area contributed by atoms with Gasteiger partial charge in [-0.05, 0) is 39.8 Å². The lowest BCUT2D eigenvalue weighted by Gasteiger charge is -2.47. The molecule has 1 aromatic rings. The first kappa shape index (κ1) is 15.6. The zero-order chi connectivity index (χ0) is 15.8. The van der Waals surface area contributed by atoms with E-state index in [-0.39, 0.29) is 17.1 Å². The van der Waals surface area contributed by atoms with Crippen LogP contribution in [0.2, 0.25) is 0 Å². The minimum absolute atomic E-state index is 0.0590. The van der Waals surface area contributed by atoms with E-state index in [1.165, 1.54) is 0 Å². The Balaban J connectivity index is 2.31. The summed E-state index contributed by atoms with van der Waals surface area (Å²) in [4.78, 5) is 14.6. The predicted molar refractivity (Wildman–Crippen MR) is 82.6 cm³/mol. The molecule has 0 spiro atoms. The number of nitrogen functional groups attached to an aromatic ring is 1. The van der Waals surface area contributed by atoms with Crippen LogP contribution in [0.1, 0.15) is 38.1 Å². The van der Waals surface area contributed by atoms with Crippen molar-refractivity contribution in [3.8, 4) is 5.75 Å². The molecule has 0 aliphatic carbocycles. The van der Waals surface area contributed by atoms with E-state index in [4.69, 9.17) is 15.2 Å². The fourth-order valence-electron chi connectivity index (χ4n) is 2.99. The van der Waals surface area contributed by atoms with E-state index in [1.54, 1.807) is 25.3 Å². The average molecular weight is 292 g/mol. The third-order valence-electron chi connectivity index (χ3n) is 3.44. The number of hydrogen-bond acceptors (Lipinski definition) is 4. The van der Waals surface area contributed by atoms with Gasteiger partial charge >= 0.3 is 0 Å². The highest BCUT2D eigenvalue weighted by Crippen LogP contribution is 2.31. The van der Waals surface area contributed by atoms with E-state index in [2.05, 4.69) is 0 Å². The molecule has 5 nitrogen and oxygen atoms in total. The van der Waals surface area contributed by atoms with Gasteiger partial charge in [0.15, 0.2) is 0 Å². The van der Waals surface area contributed by atoms with Crippen LogP contribution in [0.4, 0.5) is 5.69 Å². The van der Waals surface area contributed by atoms with Gasteiger partial charge in [-0.3, -0.25) is 4.79 Å². The fourth-order valence-corrected chi connectivity index (χ4v) is 2.99. The molecule has 0 aromatic heterocycles. The number of benzene rings is 1. The predicted octanol–water partition coefficient (Wildman–Crippen LogP) is 2.31. The Morgan fingerprint density at radius 2 is 1.81 bits per heavy atom. The minimum Gasteiger partial charge on any atom is -0.496 e. The van der Waals surface area contributed by atoms with Crippen molar-refractivity contribution in [3.05, 3.63) is 23.8 Å².